The van der Waals surface area contributed by atoms with Crippen LogP contribution in [0.2, 0.25) is 0 Å². The van der Waals surface area contributed by atoms with Crippen LogP contribution in [0.15, 0.2) is 48.5 Å². The number of hydrogen-bond donors (Lipinski definition) is 1. The van der Waals surface area contributed by atoms with Gasteiger partial charge in [-0.15, -0.1) is 0 Å². The minimum atomic E-state index is -0.152. The molecule has 1 N–H and O–H groups in total. The van der Waals surface area contributed by atoms with Crippen molar-refractivity contribution in [2.24, 2.45) is 0 Å². The average Bonchev–Trinajstić information content (AvgIpc) is 3.25. The van der Waals surface area contributed by atoms with E-state index in [4.69, 9.17) is 9.84 Å². The third-order valence-electron chi connectivity index (χ3n) is 4.41. The van der Waals surface area contributed by atoms with Crippen LogP contribution in [0.5, 0.6) is 5.75 Å². The molecular formula is C20H19N3O2S. The molecule has 132 valence electrons. The molecule has 3 aromatic rings. The van der Waals surface area contributed by atoms with Crippen LogP contribution in [0.3, 0.4) is 0 Å². The molecule has 0 unspecified atom stereocenters. The molecule has 1 aliphatic rings. The molecule has 0 fully saturated rings. The Morgan fingerprint density at radius 2 is 1.85 bits per heavy atom. The zero-order valence-corrected chi connectivity index (χ0v) is 15.5. The van der Waals surface area contributed by atoms with Gasteiger partial charge in [-0.25, -0.2) is 4.68 Å². The van der Waals surface area contributed by atoms with Crippen molar-refractivity contribution in [1.29, 1.82) is 0 Å². The fourth-order valence-electron chi connectivity index (χ4n) is 2.94. The van der Waals surface area contributed by atoms with Crippen LogP contribution in [0.1, 0.15) is 27.2 Å². The second-order valence-electron chi connectivity index (χ2n) is 6.20. The van der Waals surface area contributed by atoms with Crippen molar-refractivity contribution in [2.45, 2.75) is 18.4 Å². The Balaban J connectivity index is 1.68. The summed E-state index contributed by atoms with van der Waals surface area (Å²) in [6, 6.07) is 15.2. The molecule has 0 spiro atoms. The minimum absolute atomic E-state index is 0.152. The number of rotatable bonds is 4. The van der Waals surface area contributed by atoms with Crippen molar-refractivity contribution in [3.63, 3.8) is 0 Å². The second-order valence-corrected chi connectivity index (χ2v) is 7.18. The van der Waals surface area contributed by atoms with Gasteiger partial charge in [-0.2, -0.15) is 16.9 Å². The van der Waals surface area contributed by atoms with E-state index < -0.39 is 0 Å². The molecule has 4 rings (SSSR count). The fourth-order valence-corrected chi connectivity index (χ4v) is 3.97. The highest BCUT2D eigenvalue weighted by molar-refractivity contribution is 7.98. The summed E-state index contributed by atoms with van der Waals surface area (Å²) >= 11 is 1.81. The fraction of sp³-hybridized carbons (Fsp3) is 0.200. The highest BCUT2D eigenvalue weighted by Gasteiger charge is 2.25. The number of benzene rings is 2. The number of methoxy groups -OCH3 is 1. The Kier molecular flexibility index (Phi) is 4.42. The number of thioether (sulfide) groups is 1. The SMILES string of the molecule is COc1ccc(C(=O)Nc2c3c(nn2-c2ccc(C)cc2)CSC3)cc1. The smallest absolute Gasteiger partial charge is 0.256 e. The minimum Gasteiger partial charge on any atom is -0.497 e. The molecule has 2 aromatic carbocycles. The van der Waals surface area contributed by atoms with Crippen molar-refractivity contribution in [2.75, 3.05) is 12.4 Å². The van der Waals surface area contributed by atoms with Gasteiger partial charge >= 0.3 is 0 Å². The van der Waals surface area contributed by atoms with E-state index in [9.17, 15) is 4.79 Å². The van der Waals surface area contributed by atoms with E-state index in [1.54, 1.807) is 31.4 Å². The van der Waals surface area contributed by atoms with Crippen molar-refractivity contribution < 1.29 is 9.53 Å². The molecule has 0 saturated heterocycles. The van der Waals surface area contributed by atoms with E-state index in [2.05, 4.69) is 12.2 Å². The van der Waals surface area contributed by atoms with Gasteiger partial charge in [0.1, 0.15) is 11.6 Å². The maximum atomic E-state index is 12.7. The molecule has 0 saturated carbocycles. The number of hydrogen-bond acceptors (Lipinski definition) is 4. The Morgan fingerprint density at radius 3 is 2.54 bits per heavy atom. The van der Waals surface area contributed by atoms with Crippen molar-refractivity contribution in [3.8, 4) is 11.4 Å². The van der Waals surface area contributed by atoms with Gasteiger partial charge in [-0.1, -0.05) is 17.7 Å². The molecule has 26 heavy (non-hydrogen) atoms. The largest absolute Gasteiger partial charge is 0.497 e. The maximum absolute atomic E-state index is 12.7. The first kappa shape index (κ1) is 16.7. The quantitative estimate of drug-likeness (QED) is 0.753. The zero-order valence-electron chi connectivity index (χ0n) is 14.7. The Labute approximate surface area is 156 Å². The molecule has 0 radical (unpaired) electrons. The molecule has 1 aromatic heterocycles. The predicted molar refractivity (Wildman–Crippen MR) is 104 cm³/mol. The van der Waals surface area contributed by atoms with Crippen LogP contribution in [0, 0.1) is 6.92 Å². The number of amides is 1. The van der Waals surface area contributed by atoms with Crippen LogP contribution in [0.25, 0.3) is 5.69 Å². The van der Waals surface area contributed by atoms with Gasteiger partial charge in [-0.05, 0) is 43.3 Å². The van der Waals surface area contributed by atoms with Crippen LogP contribution in [-0.4, -0.2) is 22.8 Å². The molecule has 0 aliphatic carbocycles. The summed E-state index contributed by atoms with van der Waals surface area (Å²) in [6.07, 6.45) is 0. The Hall–Kier alpha value is -2.73. The molecule has 0 atom stereocenters. The van der Waals surface area contributed by atoms with Gasteiger partial charge < -0.3 is 10.1 Å². The summed E-state index contributed by atoms with van der Waals surface area (Å²) in [4.78, 5) is 12.7. The summed E-state index contributed by atoms with van der Waals surface area (Å²) in [5, 5.41) is 7.79. The lowest BCUT2D eigenvalue weighted by Gasteiger charge is -2.11. The highest BCUT2D eigenvalue weighted by atomic mass is 32.2. The van der Waals surface area contributed by atoms with Gasteiger partial charge in [0.05, 0.1) is 18.5 Å². The number of carbonyl (C=O) groups excluding carboxylic acids is 1. The van der Waals surface area contributed by atoms with E-state index in [1.165, 1.54) is 5.56 Å². The molecule has 2 heterocycles. The van der Waals surface area contributed by atoms with Gasteiger partial charge in [0.2, 0.25) is 0 Å². The molecule has 1 aliphatic heterocycles. The van der Waals surface area contributed by atoms with E-state index >= 15 is 0 Å². The van der Waals surface area contributed by atoms with Gasteiger partial charge in [0, 0.05) is 22.6 Å². The Bertz CT molecular complexity index is 946. The molecule has 1 amide bonds. The number of aromatic nitrogens is 2. The van der Waals surface area contributed by atoms with Gasteiger partial charge in [0.25, 0.3) is 5.91 Å². The number of aryl methyl sites for hydroxylation is 1. The first-order valence-corrected chi connectivity index (χ1v) is 9.52. The highest BCUT2D eigenvalue weighted by Crippen LogP contribution is 2.36. The van der Waals surface area contributed by atoms with E-state index in [0.717, 1.165) is 40.0 Å². The van der Waals surface area contributed by atoms with E-state index in [0.29, 0.717) is 5.56 Å². The number of anilines is 1. The van der Waals surface area contributed by atoms with Crippen LogP contribution in [0.4, 0.5) is 5.82 Å². The lowest BCUT2D eigenvalue weighted by atomic mass is 10.2. The van der Waals surface area contributed by atoms with Crippen molar-refractivity contribution >= 4 is 23.5 Å². The third-order valence-corrected chi connectivity index (χ3v) is 5.38. The van der Waals surface area contributed by atoms with Crippen LogP contribution < -0.4 is 10.1 Å². The van der Waals surface area contributed by atoms with E-state index in [1.807, 2.05) is 40.7 Å². The first-order chi connectivity index (χ1) is 12.7. The van der Waals surface area contributed by atoms with Crippen molar-refractivity contribution in [3.05, 3.63) is 70.9 Å². The van der Waals surface area contributed by atoms with E-state index in [-0.39, 0.29) is 5.91 Å². The number of carbonyl (C=O) groups is 1. The molecular weight excluding hydrogens is 346 g/mol. The van der Waals surface area contributed by atoms with Crippen LogP contribution in [-0.2, 0) is 11.5 Å². The average molecular weight is 365 g/mol. The zero-order chi connectivity index (χ0) is 18.1. The standard InChI is InChI=1S/C20H19N3O2S/c1-13-3-7-15(8-4-13)23-19(17-11-26-12-18(17)22-23)21-20(24)14-5-9-16(25-2)10-6-14/h3-10H,11-12H2,1-2H3,(H,21,24). The second kappa shape index (κ2) is 6.88. The summed E-state index contributed by atoms with van der Waals surface area (Å²) in [5.41, 5.74) is 4.87. The van der Waals surface area contributed by atoms with Crippen LogP contribution >= 0.6 is 11.8 Å². The lowest BCUT2D eigenvalue weighted by Crippen LogP contribution is -2.16. The summed E-state index contributed by atoms with van der Waals surface area (Å²) in [5.74, 6) is 3.07. The lowest BCUT2D eigenvalue weighted by molar-refractivity contribution is 0.102. The monoisotopic (exact) mass is 365 g/mol. The topological polar surface area (TPSA) is 56.1 Å². The predicted octanol–water partition coefficient (Wildman–Crippen LogP) is 4.19. The normalized spacial score (nSPS) is 12.7. The van der Waals surface area contributed by atoms with Gasteiger partial charge in [0.15, 0.2) is 0 Å². The molecule has 6 heteroatoms. The number of nitrogens with one attached hydrogen (secondary N) is 1. The number of nitrogens with zero attached hydrogens (tertiary/aromatic N) is 2. The van der Waals surface area contributed by atoms with Gasteiger partial charge in [-0.3, -0.25) is 4.79 Å². The molecule has 0 bridgehead atoms. The molecule has 5 nitrogen and oxygen atoms in total. The van der Waals surface area contributed by atoms with Crippen molar-refractivity contribution in [1.82, 2.24) is 9.78 Å². The maximum Gasteiger partial charge on any atom is 0.256 e. The number of ether oxygens (including phenoxy) is 1. The Morgan fingerprint density at radius 1 is 1.12 bits per heavy atom. The first-order valence-electron chi connectivity index (χ1n) is 8.36. The third kappa shape index (κ3) is 3.08. The summed E-state index contributed by atoms with van der Waals surface area (Å²) in [6.45, 7) is 2.05. The summed E-state index contributed by atoms with van der Waals surface area (Å²) in [7, 11) is 1.61. The number of fused-ring (bicyclic) bond motifs is 1. The summed E-state index contributed by atoms with van der Waals surface area (Å²) < 4.78 is 6.99.